The van der Waals surface area contributed by atoms with Crippen LogP contribution >= 0.6 is 0 Å². The average Bonchev–Trinajstić information content (AvgIpc) is 2.66. The third kappa shape index (κ3) is 5.34. The van der Waals surface area contributed by atoms with E-state index in [1.54, 1.807) is 14.2 Å². The molecule has 2 rings (SSSR count). The van der Waals surface area contributed by atoms with E-state index in [2.05, 4.69) is 32.4 Å². The number of hydrogen-bond acceptors (Lipinski definition) is 4. The number of methoxy groups -OCH3 is 1. The molecule has 0 aliphatic carbocycles. The number of pyridine rings is 1. The number of aromatic nitrogens is 1. The van der Waals surface area contributed by atoms with Gasteiger partial charge in [-0.15, -0.1) is 0 Å². The van der Waals surface area contributed by atoms with Crippen LogP contribution < -0.4 is 15.4 Å². The quantitative estimate of drug-likeness (QED) is 0.577. The van der Waals surface area contributed by atoms with Crippen molar-refractivity contribution in [1.82, 2.24) is 20.5 Å². The van der Waals surface area contributed by atoms with Gasteiger partial charge in [-0.2, -0.15) is 0 Å². The second kappa shape index (κ2) is 10.4. The first kappa shape index (κ1) is 20.5. The summed E-state index contributed by atoms with van der Waals surface area (Å²) in [5.74, 6) is 1.73. The minimum atomic E-state index is 0.628. The molecule has 6 heteroatoms. The first-order valence-electron chi connectivity index (χ1n) is 9.78. The summed E-state index contributed by atoms with van der Waals surface area (Å²) in [6.07, 6.45) is 7.14. The van der Waals surface area contributed by atoms with E-state index >= 15 is 0 Å². The van der Waals surface area contributed by atoms with Gasteiger partial charge in [-0.3, -0.25) is 14.9 Å². The van der Waals surface area contributed by atoms with Gasteiger partial charge in [0.2, 0.25) is 0 Å². The van der Waals surface area contributed by atoms with Gasteiger partial charge < -0.3 is 15.4 Å². The predicted molar refractivity (Wildman–Crippen MR) is 108 cm³/mol. The highest BCUT2D eigenvalue weighted by atomic mass is 16.5. The monoisotopic (exact) mass is 361 g/mol. The smallest absolute Gasteiger partial charge is 0.191 e. The lowest BCUT2D eigenvalue weighted by Crippen LogP contribution is -2.45. The molecule has 146 valence electrons. The molecule has 0 radical (unpaired) electrons. The molecule has 1 aliphatic heterocycles. The highest BCUT2D eigenvalue weighted by molar-refractivity contribution is 5.79. The second-order valence-corrected chi connectivity index (χ2v) is 6.99. The van der Waals surface area contributed by atoms with Crippen LogP contribution in [0.1, 0.15) is 49.4 Å². The van der Waals surface area contributed by atoms with Crippen molar-refractivity contribution in [3.63, 3.8) is 0 Å². The summed E-state index contributed by atoms with van der Waals surface area (Å²) in [5, 5.41) is 6.79. The predicted octanol–water partition coefficient (Wildman–Crippen LogP) is 2.64. The van der Waals surface area contributed by atoms with Gasteiger partial charge in [0.05, 0.1) is 19.3 Å². The maximum absolute atomic E-state index is 5.48. The van der Waals surface area contributed by atoms with Gasteiger partial charge in [0.25, 0.3) is 0 Å². The number of hydrogen-bond donors (Lipinski definition) is 2. The van der Waals surface area contributed by atoms with Crippen LogP contribution in [0.2, 0.25) is 0 Å². The van der Waals surface area contributed by atoms with Gasteiger partial charge in [0.1, 0.15) is 5.75 Å². The van der Waals surface area contributed by atoms with Crippen LogP contribution in [-0.2, 0) is 6.54 Å². The summed E-state index contributed by atoms with van der Waals surface area (Å²) in [7, 11) is 3.51. The molecule has 0 saturated carbocycles. The number of likely N-dealkylation sites (tertiary alicyclic amines) is 1. The van der Waals surface area contributed by atoms with E-state index in [0.29, 0.717) is 6.54 Å². The maximum Gasteiger partial charge on any atom is 0.191 e. The minimum absolute atomic E-state index is 0.628. The Hall–Kier alpha value is -1.82. The highest BCUT2D eigenvalue weighted by Crippen LogP contribution is 2.23. The van der Waals surface area contributed by atoms with Crippen LogP contribution in [0.4, 0.5) is 0 Å². The highest BCUT2D eigenvalue weighted by Gasteiger charge is 2.20. The number of nitrogens with one attached hydrogen (secondary N) is 2. The molecular formula is C20H35N5O. The fourth-order valence-corrected chi connectivity index (χ4v) is 3.77. The lowest BCUT2D eigenvalue weighted by Gasteiger charge is -2.35. The fraction of sp³-hybridized carbons (Fsp3) is 0.700. The van der Waals surface area contributed by atoms with Crippen LogP contribution in [0.5, 0.6) is 5.75 Å². The van der Waals surface area contributed by atoms with Crippen molar-refractivity contribution in [3.05, 3.63) is 23.0 Å². The molecule has 6 nitrogen and oxygen atoms in total. The van der Waals surface area contributed by atoms with Crippen molar-refractivity contribution < 1.29 is 4.74 Å². The van der Waals surface area contributed by atoms with Crippen LogP contribution in [0, 0.1) is 13.8 Å². The third-order valence-corrected chi connectivity index (χ3v) is 5.31. The zero-order valence-electron chi connectivity index (χ0n) is 17.1. The molecule has 1 unspecified atom stereocenters. The molecule has 2 N–H and O–H groups in total. The van der Waals surface area contributed by atoms with Crippen molar-refractivity contribution in [2.24, 2.45) is 4.99 Å². The summed E-state index contributed by atoms with van der Waals surface area (Å²) in [4.78, 5) is 11.5. The van der Waals surface area contributed by atoms with Crippen LogP contribution in [0.3, 0.4) is 0 Å². The Morgan fingerprint density at radius 2 is 2.15 bits per heavy atom. The van der Waals surface area contributed by atoms with E-state index in [0.717, 1.165) is 47.7 Å². The van der Waals surface area contributed by atoms with E-state index in [1.165, 1.54) is 32.2 Å². The molecule has 1 aliphatic rings. The van der Waals surface area contributed by atoms with Crippen molar-refractivity contribution >= 4 is 5.96 Å². The molecule has 1 aromatic heterocycles. The number of aryl methyl sites for hydroxylation is 1. The van der Waals surface area contributed by atoms with Crippen LogP contribution in [0.15, 0.2) is 11.2 Å². The van der Waals surface area contributed by atoms with Crippen LogP contribution in [0.25, 0.3) is 0 Å². The van der Waals surface area contributed by atoms with E-state index in [9.17, 15) is 0 Å². The van der Waals surface area contributed by atoms with Gasteiger partial charge in [-0.05, 0) is 39.7 Å². The molecule has 0 aromatic carbocycles. The molecular weight excluding hydrogens is 326 g/mol. The van der Waals surface area contributed by atoms with E-state index in [4.69, 9.17) is 4.74 Å². The van der Waals surface area contributed by atoms with E-state index < -0.39 is 0 Å². The Morgan fingerprint density at radius 3 is 2.85 bits per heavy atom. The normalized spacial score (nSPS) is 18.7. The summed E-state index contributed by atoms with van der Waals surface area (Å²) in [6, 6.07) is 0.743. The Kier molecular flexibility index (Phi) is 8.16. The molecule has 1 aromatic rings. The lowest BCUT2D eigenvalue weighted by atomic mass is 10.0. The standard InChI is InChI=1S/C20H35N5O/c1-6-17-9-7-8-11-25(17)12-10-22-20(21-4)24-14-18-16(3)19(26-5)15(2)13-23-18/h13,17H,6-12,14H2,1-5H3,(H2,21,22,24). The number of piperidine rings is 1. The van der Waals surface area contributed by atoms with Gasteiger partial charge in [-0.1, -0.05) is 13.3 Å². The first-order chi connectivity index (χ1) is 12.6. The van der Waals surface area contributed by atoms with Crippen molar-refractivity contribution in [1.29, 1.82) is 0 Å². The molecule has 26 heavy (non-hydrogen) atoms. The van der Waals surface area contributed by atoms with E-state index in [-0.39, 0.29) is 0 Å². The van der Waals surface area contributed by atoms with Gasteiger partial charge >= 0.3 is 0 Å². The summed E-state index contributed by atoms with van der Waals surface area (Å²) in [6.45, 7) is 10.2. The number of guanidine groups is 1. The van der Waals surface area contributed by atoms with Gasteiger partial charge in [0, 0.05) is 43.5 Å². The topological polar surface area (TPSA) is 61.8 Å². The van der Waals surface area contributed by atoms with Gasteiger partial charge in [0.15, 0.2) is 5.96 Å². The Labute approximate surface area is 158 Å². The van der Waals surface area contributed by atoms with Crippen molar-refractivity contribution in [3.8, 4) is 5.75 Å². The Bertz CT molecular complexity index is 602. The fourth-order valence-electron chi connectivity index (χ4n) is 3.77. The molecule has 1 fully saturated rings. The molecule has 0 amide bonds. The van der Waals surface area contributed by atoms with Crippen LogP contribution in [-0.4, -0.2) is 55.7 Å². The molecule has 2 heterocycles. The summed E-state index contributed by atoms with van der Waals surface area (Å²) < 4.78 is 5.48. The van der Waals surface area contributed by atoms with Gasteiger partial charge in [-0.25, -0.2) is 0 Å². The zero-order chi connectivity index (χ0) is 18.9. The third-order valence-electron chi connectivity index (χ3n) is 5.31. The largest absolute Gasteiger partial charge is 0.496 e. The summed E-state index contributed by atoms with van der Waals surface area (Å²) >= 11 is 0. The summed E-state index contributed by atoms with van der Waals surface area (Å²) in [5.41, 5.74) is 3.12. The molecule has 0 spiro atoms. The number of nitrogens with zero attached hydrogens (tertiary/aromatic N) is 3. The number of aliphatic imine (C=N–C) groups is 1. The SMILES string of the molecule is CCC1CCCCN1CCNC(=NC)NCc1ncc(C)c(OC)c1C. The average molecular weight is 362 g/mol. The number of ether oxygens (including phenoxy) is 1. The zero-order valence-corrected chi connectivity index (χ0v) is 17.1. The molecule has 1 saturated heterocycles. The lowest BCUT2D eigenvalue weighted by molar-refractivity contribution is 0.147. The molecule has 1 atom stereocenters. The maximum atomic E-state index is 5.48. The van der Waals surface area contributed by atoms with E-state index in [1.807, 2.05) is 20.0 Å². The Morgan fingerprint density at radius 1 is 1.35 bits per heavy atom. The molecule has 0 bridgehead atoms. The van der Waals surface area contributed by atoms with Crippen molar-refractivity contribution in [2.45, 2.75) is 59.0 Å². The number of rotatable bonds is 7. The second-order valence-electron chi connectivity index (χ2n) is 6.99. The Balaban J connectivity index is 1.83. The first-order valence-corrected chi connectivity index (χ1v) is 9.78. The van der Waals surface area contributed by atoms with Crippen molar-refractivity contribution in [2.75, 3.05) is 33.8 Å². The minimum Gasteiger partial charge on any atom is -0.496 e.